The van der Waals surface area contributed by atoms with Crippen molar-refractivity contribution in [3.8, 4) is 22.8 Å². The van der Waals surface area contributed by atoms with Crippen LogP contribution in [0.5, 0.6) is 11.6 Å². The smallest absolute Gasteiger partial charge is 0.416 e. The van der Waals surface area contributed by atoms with Gasteiger partial charge >= 0.3 is 6.18 Å². The van der Waals surface area contributed by atoms with Gasteiger partial charge in [0.1, 0.15) is 5.75 Å². The van der Waals surface area contributed by atoms with E-state index < -0.39 is 11.7 Å². The highest BCUT2D eigenvalue weighted by Crippen LogP contribution is 2.36. The van der Waals surface area contributed by atoms with Crippen molar-refractivity contribution >= 4 is 0 Å². The minimum atomic E-state index is -4.42. The van der Waals surface area contributed by atoms with Gasteiger partial charge in [0.05, 0.1) is 11.3 Å². The molecular weight excluding hydrogens is 341 g/mol. The van der Waals surface area contributed by atoms with Gasteiger partial charge in [0.25, 0.3) is 0 Å². The third-order valence-corrected chi connectivity index (χ3v) is 3.92. The number of rotatable bonds is 3. The van der Waals surface area contributed by atoms with E-state index in [1.54, 1.807) is 19.1 Å². The summed E-state index contributed by atoms with van der Waals surface area (Å²) in [6.07, 6.45) is -4.42. The average Bonchev–Trinajstić information content (AvgIpc) is 2.58. The van der Waals surface area contributed by atoms with Gasteiger partial charge in [-0.15, -0.1) is 5.10 Å². The summed E-state index contributed by atoms with van der Waals surface area (Å²) < 4.78 is 45.0. The monoisotopic (exact) mass is 358 g/mol. The molecule has 3 aromatic rings. The zero-order valence-electron chi connectivity index (χ0n) is 14.6. The summed E-state index contributed by atoms with van der Waals surface area (Å²) in [5, 5.41) is 8.03. The van der Waals surface area contributed by atoms with Crippen molar-refractivity contribution in [2.75, 3.05) is 0 Å². The largest absolute Gasteiger partial charge is 0.437 e. The number of alkyl halides is 3. The molecule has 0 N–H and O–H groups in total. The van der Waals surface area contributed by atoms with Gasteiger partial charge in [0.2, 0.25) is 5.88 Å². The number of aromatic nitrogens is 2. The molecule has 0 radical (unpaired) electrons. The van der Waals surface area contributed by atoms with Crippen LogP contribution < -0.4 is 4.74 Å². The number of hydrogen-bond donors (Lipinski definition) is 0. The van der Waals surface area contributed by atoms with E-state index in [-0.39, 0.29) is 5.88 Å². The fourth-order valence-electron chi connectivity index (χ4n) is 2.64. The Labute approximate surface area is 149 Å². The first-order chi connectivity index (χ1) is 12.2. The Hall–Kier alpha value is -2.89. The lowest BCUT2D eigenvalue weighted by molar-refractivity contribution is -0.137. The average molecular weight is 358 g/mol. The molecule has 3 rings (SSSR count). The second kappa shape index (κ2) is 6.78. The van der Waals surface area contributed by atoms with Gasteiger partial charge in [-0.2, -0.15) is 18.3 Å². The van der Waals surface area contributed by atoms with E-state index in [0.717, 1.165) is 23.3 Å². The van der Waals surface area contributed by atoms with E-state index in [0.29, 0.717) is 22.6 Å². The van der Waals surface area contributed by atoms with E-state index in [1.165, 1.54) is 6.07 Å². The number of hydrogen-bond acceptors (Lipinski definition) is 3. The normalized spacial score (nSPS) is 11.5. The molecule has 0 amide bonds. The molecule has 0 bridgehead atoms. The first-order valence-electron chi connectivity index (χ1n) is 8.01. The van der Waals surface area contributed by atoms with E-state index in [1.807, 2.05) is 32.0 Å². The molecule has 26 heavy (non-hydrogen) atoms. The lowest BCUT2D eigenvalue weighted by Crippen LogP contribution is -2.05. The van der Waals surface area contributed by atoms with Crippen molar-refractivity contribution in [3.63, 3.8) is 0 Å². The summed E-state index contributed by atoms with van der Waals surface area (Å²) in [7, 11) is 0. The SMILES string of the molecule is Cc1ccc(Oc2nnc(C)cc2-c2cccc(C(F)(F)F)c2)c(C)c1. The maximum Gasteiger partial charge on any atom is 0.416 e. The van der Waals surface area contributed by atoms with Crippen LogP contribution in [0.3, 0.4) is 0 Å². The Morgan fingerprint density at radius 2 is 1.65 bits per heavy atom. The third kappa shape index (κ3) is 3.85. The number of benzene rings is 2. The molecular formula is C20H17F3N2O. The fourth-order valence-corrected chi connectivity index (χ4v) is 2.64. The second-order valence-corrected chi connectivity index (χ2v) is 6.15. The molecule has 6 heteroatoms. The zero-order chi connectivity index (χ0) is 18.9. The van der Waals surface area contributed by atoms with Crippen molar-refractivity contribution in [1.82, 2.24) is 10.2 Å². The van der Waals surface area contributed by atoms with Crippen LogP contribution in [0, 0.1) is 20.8 Å². The van der Waals surface area contributed by atoms with E-state index in [9.17, 15) is 13.2 Å². The Balaban J connectivity index is 2.07. The van der Waals surface area contributed by atoms with Gasteiger partial charge in [-0.05, 0) is 56.2 Å². The van der Waals surface area contributed by atoms with Gasteiger partial charge in [-0.3, -0.25) is 0 Å². The summed E-state index contributed by atoms with van der Waals surface area (Å²) in [6, 6.07) is 12.4. The van der Waals surface area contributed by atoms with Crippen molar-refractivity contribution in [2.24, 2.45) is 0 Å². The highest BCUT2D eigenvalue weighted by Gasteiger charge is 2.30. The molecule has 0 aliphatic heterocycles. The number of halogens is 3. The molecule has 0 unspecified atom stereocenters. The van der Waals surface area contributed by atoms with Crippen molar-refractivity contribution in [3.05, 3.63) is 70.9 Å². The van der Waals surface area contributed by atoms with Crippen molar-refractivity contribution < 1.29 is 17.9 Å². The molecule has 2 aromatic carbocycles. The maximum atomic E-state index is 13.0. The quantitative estimate of drug-likeness (QED) is 0.586. The predicted octanol–water partition coefficient (Wildman–Crippen LogP) is 5.88. The molecule has 0 fully saturated rings. The van der Waals surface area contributed by atoms with Gasteiger partial charge in [-0.1, -0.05) is 29.8 Å². The topological polar surface area (TPSA) is 35.0 Å². The first kappa shape index (κ1) is 17.9. The summed E-state index contributed by atoms with van der Waals surface area (Å²) in [6.45, 7) is 5.59. The Kier molecular flexibility index (Phi) is 4.68. The highest BCUT2D eigenvalue weighted by molar-refractivity contribution is 5.70. The molecule has 1 aromatic heterocycles. The van der Waals surface area contributed by atoms with Gasteiger partial charge < -0.3 is 4.74 Å². The standard InChI is InChI=1S/C20H17F3N2O/c1-12-7-8-18(13(2)9-12)26-19-17(10-14(3)24-25-19)15-5-4-6-16(11-15)20(21,22)23/h4-11H,1-3H3. The zero-order valence-corrected chi connectivity index (χ0v) is 14.6. The molecule has 0 aliphatic carbocycles. The van der Waals surface area contributed by atoms with Crippen LogP contribution in [0.1, 0.15) is 22.4 Å². The molecule has 0 aliphatic rings. The number of aryl methyl sites for hydroxylation is 3. The van der Waals surface area contributed by atoms with E-state index >= 15 is 0 Å². The van der Waals surface area contributed by atoms with Crippen molar-refractivity contribution in [1.29, 1.82) is 0 Å². The summed E-state index contributed by atoms with van der Waals surface area (Å²) in [5.41, 5.74) is 2.69. The first-order valence-corrected chi connectivity index (χ1v) is 8.01. The summed E-state index contributed by atoms with van der Waals surface area (Å²) in [5.74, 6) is 0.754. The van der Waals surface area contributed by atoms with Crippen LogP contribution in [0.2, 0.25) is 0 Å². The Morgan fingerprint density at radius 3 is 2.35 bits per heavy atom. The molecule has 0 saturated heterocycles. The van der Waals surface area contributed by atoms with Crippen LogP contribution in [0.25, 0.3) is 11.1 Å². The molecule has 134 valence electrons. The fraction of sp³-hybridized carbons (Fsp3) is 0.200. The minimum absolute atomic E-state index is 0.168. The Morgan fingerprint density at radius 1 is 0.885 bits per heavy atom. The Bertz CT molecular complexity index is 952. The molecule has 0 spiro atoms. The van der Waals surface area contributed by atoms with Crippen LogP contribution in [0.15, 0.2) is 48.5 Å². The van der Waals surface area contributed by atoms with Crippen LogP contribution in [-0.4, -0.2) is 10.2 Å². The molecule has 0 atom stereocenters. The van der Waals surface area contributed by atoms with Crippen molar-refractivity contribution in [2.45, 2.75) is 26.9 Å². The number of nitrogens with zero attached hydrogens (tertiary/aromatic N) is 2. The maximum absolute atomic E-state index is 13.0. The second-order valence-electron chi connectivity index (χ2n) is 6.15. The lowest BCUT2D eigenvalue weighted by Gasteiger charge is -2.14. The van der Waals surface area contributed by atoms with Gasteiger partial charge in [0.15, 0.2) is 0 Å². The number of ether oxygens (including phenoxy) is 1. The van der Waals surface area contributed by atoms with Crippen LogP contribution in [-0.2, 0) is 6.18 Å². The van der Waals surface area contributed by atoms with Crippen LogP contribution >= 0.6 is 0 Å². The van der Waals surface area contributed by atoms with E-state index in [4.69, 9.17) is 4.74 Å². The summed E-state index contributed by atoms with van der Waals surface area (Å²) >= 11 is 0. The summed E-state index contributed by atoms with van der Waals surface area (Å²) in [4.78, 5) is 0. The third-order valence-electron chi connectivity index (χ3n) is 3.92. The van der Waals surface area contributed by atoms with Gasteiger partial charge in [0, 0.05) is 5.56 Å². The van der Waals surface area contributed by atoms with E-state index in [2.05, 4.69) is 10.2 Å². The minimum Gasteiger partial charge on any atom is -0.437 e. The lowest BCUT2D eigenvalue weighted by atomic mass is 10.0. The van der Waals surface area contributed by atoms with Crippen LogP contribution in [0.4, 0.5) is 13.2 Å². The van der Waals surface area contributed by atoms with Gasteiger partial charge in [-0.25, -0.2) is 0 Å². The highest BCUT2D eigenvalue weighted by atomic mass is 19.4. The molecule has 1 heterocycles. The molecule has 0 saturated carbocycles. The molecule has 3 nitrogen and oxygen atoms in total. The predicted molar refractivity (Wildman–Crippen MR) is 93.2 cm³/mol.